The molecular weight excluding hydrogens is 2420 g/mol. The third-order valence-electron chi connectivity index (χ3n) is 20.4. The molecule has 42 heteroatoms. The van der Waals surface area contributed by atoms with Crippen molar-refractivity contribution in [3.05, 3.63) is 97.5 Å². The topological polar surface area (TPSA) is 381 Å². The van der Waals surface area contributed by atoms with Crippen LogP contribution in [-0.4, -0.2) is 217 Å². The highest BCUT2D eigenvalue weighted by atomic mass is 128. The molecule has 4 N–H and O–H groups in total. The molecular formula is C94H156BI5N12O18S6. The van der Waals surface area contributed by atoms with Gasteiger partial charge in [-0.2, -0.15) is 0 Å². The van der Waals surface area contributed by atoms with Gasteiger partial charge in [0.2, 0.25) is 23.6 Å². The Kier molecular flexibility index (Phi) is 68.9. The molecule has 0 saturated carbocycles. The van der Waals surface area contributed by atoms with Gasteiger partial charge in [0.1, 0.15) is 24.8 Å². The van der Waals surface area contributed by atoms with E-state index in [1.54, 1.807) is 132 Å². The highest BCUT2D eigenvalue weighted by Crippen LogP contribution is 2.31. The lowest BCUT2D eigenvalue weighted by Gasteiger charge is -2.31. The molecule has 30 nitrogen and oxygen atoms in total. The second kappa shape index (κ2) is 69.9. The number of esters is 1. The number of carbonyl (C=O) groups excluding carboxylic acids is 9. The number of hydrogen-bond acceptors (Lipinski definition) is 29. The molecule has 0 saturated heterocycles. The Morgan fingerprint density at radius 2 is 0.691 bits per heavy atom. The normalized spacial score (nSPS) is 13.9. The van der Waals surface area contributed by atoms with Crippen molar-refractivity contribution < 1.29 is 86.6 Å². The van der Waals surface area contributed by atoms with Gasteiger partial charge in [0.15, 0.2) is 0 Å². The lowest BCUT2D eigenvalue weighted by Crippen LogP contribution is -2.39. The van der Waals surface area contributed by atoms with Crippen molar-refractivity contribution >= 4 is 234 Å². The minimum absolute atomic E-state index is 0. The van der Waals surface area contributed by atoms with E-state index in [2.05, 4.69) is 179 Å². The number of halogens is 5. The van der Waals surface area contributed by atoms with Gasteiger partial charge in [-0.15, -0.1) is 92.0 Å². The van der Waals surface area contributed by atoms with Crippen LogP contribution in [-0.2, 0) is 106 Å². The number of alkyl carbamates (subject to hydrolysis) is 2. The number of carboxylic acids is 1. The number of hydrogen-bond donors (Lipinski definition) is 4. The van der Waals surface area contributed by atoms with E-state index in [9.17, 15) is 58.2 Å². The predicted octanol–water partition coefficient (Wildman–Crippen LogP) is 22.6. The van der Waals surface area contributed by atoms with Gasteiger partial charge in [0.05, 0.1) is 162 Å². The lowest BCUT2D eigenvalue weighted by atomic mass is 9.86. The molecule has 12 atom stereocenters. The standard InChI is InChI=1S/C30H48N4O5S2.C26H40N4O5S2.C19H32N2O4S.C18H30N2O4S.CH4.BH.2I2.HI/c1-19(2)28-33-23(17-40-28)15-34(9)27(36)13-25(22(5)39-30(6,7)8)26(35)12-20(3)10-11-21(4)32-29(37)38-16-24-14-31-18-41-24;1-16(2)25-29-20(14-36-25)12-30(6)24(33)10-22(19(5)31)23(32)9-17(3)7-8-18(4)28-26(34)35-13-21-11-27-15-37-21;1-12(2)17-20-14(11-26-17)10-21(7)16(22)9-15(18(23)24-8)13(3)25-19(4,5)6;1-11(2)16-19-13(10-25-16)9-20(7)15(21)8-14(17(22)23)12(3)24-18(4,5)6;;;2*1-2;/h14,17-22,25H,10-13,15-16H2,1-9H3,(H,32,37);11,14-19,22,31H,7-10,12-13H2,1-6H3,(H,28,34);11-13,15H,9-10H2,1-8H3;10-12,14H,8-9H2,1-7H3,(H,22,23);1H4;1H;;;1H/t20-,21-,22?,25-;17-,18-,19?,22-;13?,15-;12?,14-;;;;;/m0000...../s1/i;;;;;1D;;;. The first-order chi connectivity index (χ1) is 62.9. The number of methoxy groups -OCH3 is 1. The molecule has 0 bridgehead atoms. The van der Waals surface area contributed by atoms with Crippen LogP contribution in [0.15, 0.2) is 44.9 Å². The molecule has 0 aliphatic heterocycles. The summed E-state index contributed by atoms with van der Waals surface area (Å²) in [5.41, 5.74) is 5.45. The average Bonchev–Trinajstić information content (AvgIpc) is 1.85. The van der Waals surface area contributed by atoms with Crippen LogP contribution in [0.25, 0.3) is 0 Å². The van der Waals surface area contributed by atoms with Crippen LogP contribution in [0.1, 0.15) is 321 Å². The fourth-order valence-electron chi connectivity index (χ4n) is 13.2. The Balaban J connectivity index is -0.00000174. The maximum atomic E-state index is 13.5. The maximum Gasteiger partial charge on any atom is 0.407 e. The van der Waals surface area contributed by atoms with Crippen LogP contribution in [0.3, 0.4) is 0 Å². The number of thiazole rings is 6. The van der Waals surface area contributed by atoms with Gasteiger partial charge in [0, 0.05) is 219 Å². The zero-order valence-electron chi connectivity index (χ0n) is 85.5. The van der Waals surface area contributed by atoms with Crippen molar-refractivity contribution in [3.8, 4) is 0 Å². The Bertz CT molecular complexity index is 4400. The maximum absolute atomic E-state index is 13.5. The average molecular weight is 2580 g/mol. The number of aromatic nitrogens is 6. The van der Waals surface area contributed by atoms with Gasteiger partial charge in [-0.25, -0.2) is 29.5 Å². The molecule has 0 aromatic carbocycles. The number of Topliss-reactive ketones (excluding diaryl/α,β-unsaturated/α-hetero) is 2. The molecule has 6 aromatic rings. The molecule has 4 unspecified atom stereocenters. The van der Waals surface area contributed by atoms with Crippen molar-refractivity contribution in [2.75, 3.05) is 35.3 Å². The summed E-state index contributed by atoms with van der Waals surface area (Å²) in [7, 11) is 11.9. The molecule has 0 spiro atoms. The number of nitrogens with one attached hydrogen (secondary N) is 2. The zero-order chi connectivity index (χ0) is 104. The molecule has 6 heterocycles. The number of ketones is 2. The monoisotopic (exact) mass is 2580 g/mol. The Morgan fingerprint density at radius 1 is 0.426 bits per heavy atom. The molecule has 6 aromatic heterocycles. The summed E-state index contributed by atoms with van der Waals surface area (Å²) in [6.07, 6.45) is 3.52. The molecule has 2 radical (unpaired) electrons. The number of aliphatic hydroxyl groups is 1. The summed E-state index contributed by atoms with van der Waals surface area (Å²) in [6.45, 7) is 50.6. The van der Waals surface area contributed by atoms with Gasteiger partial charge in [-0.1, -0.05) is 76.7 Å². The van der Waals surface area contributed by atoms with Crippen LogP contribution in [0.5, 0.6) is 0 Å². The smallest absolute Gasteiger partial charge is 0.407 e. The summed E-state index contributed by atoms with van der Waals surface area (Å²) >= 11 is 17.7. The number of rotatable bonds is 47. The number of amides is 6. The lowest BCUT2D eigenvalue weighted by molar-refractivity contribution is -0.159. The number of aliphatic carboxylic acids is 1. The summed E-state index contributed by atoms with van der Waals surface area (Å²) in [6, 6.07) is -0.214. The number of carboxylic acid groups (broad SMARTS) is 1. The first kappa shape index (κ1) is 134. The van der Waals surface area contributed by atoms with Crippen LogP contribution >= 0.6 is 166 Å². The van der Waals surface area contributed by atoms with Gasteiger partial charge in [-0.3, -0.25) is 48.3 Å². The molecule has 774 valence electrons. The summed E-state index contributed by atoms with van der Waals surface area (Å²) < 4.78 is 38.3. The number of carbonyl (C=O) groups is 10. The highest BCUT2D eigenvalue weighted by Gasteiger charge is 2.37. The van der Waals surface area contributed by atoms with Gasteiger partial charge in [-0.05, 0) is 143 Å². The van der Waals surface area contributed by atoms with E-state index in [4.69, 9.17) is 29.8 Å². The fourth-order valence-corrected chi connectivity index (χ4v) is 17.5. The molecule has 6 rings (SSSR count). The van der Waals surface area contributed by atoms with E-state index in [1.807, 2.05) is 118 Å². The van der Waals surface area contributed by atoms with E-state index in [1.165, 1.54) is 34.7 Å². The van der Waals surface area contributed by atoms with Crippen molar-refractivity contribution in [1.82, 2.24) is 60.1 Å². The Morgan fingerprint density at radius 3 is 0.941 bits per heavy atom. The van der Waals surface area contributed by atoms with Gasteiger partial charge < -0.3 is 68.9 Å². The number of nitrogens with zero attached hydrogens (tertiary/aromatic N) is 10. The van der Waals surface area contributed by atoms with Crippen molar-refractivity contribution in [2.45, 2.75) is 361 Å². The third-order valence-corrected chi connectivity index (χ3v) is 26.6. The van der Waals surface area contributed by atoms with Crippen molar-refractivity contribution in [3.63, 3.8) is 0 Å². The minimum atomic E-state index is -1.02. The van der Waals surface area contributed by atoms with Crippen LogP contribution in [0, 0.1) is 35.5 Å². The number of ether oxygens (including phenoxy) is 6. The molecule has 0 aliphatic carbocycles. The Hall–Kier alpha value is -3.97. The van der Waals surface area contributed by atoms with E-state index in [0.717, 1.165) is 59.0 Å². The summed E-state index contributed by atoms with van der Waals surface area (Å²) in [4.78, 5) is 160. The molecule has 0 fully saturated rings. The van der Waals surface area contributed by atoms with E-state index in [-0.39, 0.29) is 136 Å². The summed E-state index contributed by atoms with van der Waals surface area (Å²) in [5.74, 6) is -3.50. The quantitative estimate of drug-likeness (QED) is 0.0119. The highest BCUT2D eigenvalue weighted by molar-refractivity contribution is 15.0. The first-order valence-electron chi connectivity index (χ1n) is 45.2. The first-order valence-corrected chi connectivity index (χ1v) is 62.5. The Labute approximate surface area is 902 Å². The molecule has 6 amide bonds. The number of aliphatic hydroxyl groups excluding tert-OH is 1. The van der Waals surface area contributed by atoms with E-state index >= 15 is 0 Å². The van der Waals surface area contributed by atoms with E-state index in [0.29, 0.717) is 75.5 Å². The molecule has 136 heavy (non-hydrogen) atoms. The van der Waals surface area contributed by atoms with E-state index < -0.39 is 89.0 Å². The second-order valence-electron chi connectivity index (χ2n) is 37.9. The summed E-state index contributed by atoms with van der Waals surface area (Å²) in [5, 5.41) is 37.4. The van der Waals surface area contributed by atoms with Crippen molar-refractivity contribution in [1.29, 1.82) is 1.34 Å². The van der Waals surface area contributed by atoms with Crippen molar-refractivity contribution in [2.24, 2.45) is 35.5 Å². The fraction of sp³-hybridized carbons (Fsp3) is 0.702. The zero-order valence-corrected chi connectivity index (χ0v) is 100. The second-order valence-corrected chi connectivity index (χ2v) is 43.4. The largest absolute Gasteiger partial charge is 0.481 e. The predicted molar refractivity (Wildman–Crippen MR) is 597 cm³/mol. The van der Waals surface area contributed by atoms with Gasteiger partial charge >= 0.3 is 24.1 Å². The van der Waals surface area contributed by atoms with Crippen LogP contribution in [0.2, 0.25) is 0 Å². The SMILES string of the molecule is C.CC(C)c1nc(CN(C)C(=O)C[C@H](C(=O)C[C@@H](C)CC[C@H](C)NC(=O)OCc2cncs2)C(C)O)cs1.CC(C)c1nc(CN(C)C(=O)C[C@H](C(=O)C[C@@H](C)CC[C@H](C)NC(=O)OCc2cncs2)C(C)OC(C)(C)C)cs1.CC(C)c1nc(CN(C)C(=O)C[C@H](C(=O)O)C(C)OC(C)(C)C)cs1.COC(=O)[C@@H](CC(=O)N(C)Cc1csc(C(C)C)n1)C(C)OC(C)(C)C.I.II.II.[2H][B]. The van der Waals surface area contributed by atoms with Crippen LogP contribution < -0.4 is 10.6 Å². The minimum Gasteiger partial charge on any atom is -0.481 e. The van der Waals surface area contributed by atoms with Gasteiger partial charge in [0.25, 0.3) is 0 Å². The van der Waals surface area contributed by atoms with Crippen LogP contribution in [0.4, 0.5) is 9.59 Å². The molecule has 0 aliphatic rings. The third kappa shape index (κ3) is 56.9.